The van der Waals surface area contributed by atoms with E-state index in [2.05, 4.69) is 37.9 Å². The van der Waals surface area contributed by atoms with Gasteiger partial charge in [0.1, 0.15) is 12.5 Å². The first kappa shape index (κ1) is 30.1. The molecule has 12 heteroatoms. The van der Waals surface area contributed by atoms with Crippen LogP contribution in [0, 0.1) is 17.2 Å². The van der Waals surface area contributed by atoms with E-state index in [9.17, 15) is 28.0 Å². The zero-order valence-electron chi connectivity index (χ0n) is 23.8. The number of nitrogens with zero attached hydrogens (tertiary/aromatic N) is 4. The van der Waals surface area contributed by atoms with Gasteiger partial charge in [0.25, 0.3) is 0 Å². The summed E-state index contributed by atoms with van der Waals surface area (Å²) in [6.45, 7) is 5.27. The Hall–Kier alpha value is -3.82. The standard InChI is InChI=1S/C29H35F3N6O3/c1-6-7-13-38(3,4)17-20-14-19(16-33)11-12-23(20)25-24(26(39)41-5)18(2)36(27-34-35-28(40)37(25)27)22-10-8-9-21(15-22)29(30,31)32/h8-12,14-15,18,24-25,27,34H,6-7,13,17H2,1-5H3/p+1/t18?,24?,25-,27?/m0/s1. The monoisotopic (exact) mass is 573 g/mol. The van der Waals surface area contributed by atoms with E-state index in [-0.39, 0.29) is 5.69 Å². The molecule has 2 aliphatic heterocycles. The molecule has 2 saturated heterocycles. The molecular formula is C29H36F3N6O3+. The summed E-state index contributed by atoms with van der Waals surface area (Å²) >= 11 is 0. The summed E-state index contributed by atoms with van der Waals surface area (Å²) in [4.78, 5) is 29.8. The highest BCUT2D eigenvalue weighted by molar-refractivity contribution is 5.82. The number of quaternary nitrogens is 1. The van der Waals surface area contributed by atoms with Crippen LogP contribution in [0.4, 0.5) is 23.7 Å². The van der Waals surface area contributed by atoms with Gasteiger partial charge in [0, 0.05) is 17.3 Å². The normalized spacial score (nSPS) is 22.7. The second kappa shape index (κ2) is 11.6. The van der Waals surface area contributed by atoms with E-state index in [4.69, 9.17) is 4.74 Å². The Balaban J connectivity index is 1.87. The van der Waals surface area contributed by atoms with Crippen molar-refractivity contribution in [3.63, 3.8) is 0 Å². The lowest BCUT2D eigenvalue weighted by Crippen LogP contribution is -2.65. The van der Waals surface area contributed by atoms with Crippen molar-refractivity contribution in [3.8, 4) is 6.07 Å². The van der Waals surface area contributed by atoms with Gasteiger partial charge in [0.05, 0.1) is 51.0 Å². The van der Waals surface area contributed by atoms with Crippen molar-refractivity contribution >= 4 is 17.7 Å². The van der Waals surface area contributed by atoms with Crippen LogP contribution in [-0.4, -0.2) is 61.5 Å². The Labute approximate surface area is 238 Å². The number of methoxy groups -OCH3 is 1. The molecule has 2 aliphatic rings. The van der Waals surface area contributed by atoms with E-state index in [1.165, 1.54) is 24.1 Å². The van der Waals surface area contributed by atoms with Gasteiger partial charge >= 0.3 is 18.2 Å². The maximum Gasteiger partial charge on any atom is 0.416 e. The molecular weight excluding hydrogens is 537 g/mol. The highest BCUT2D eigenvalue weighted by atomic mass is 19.4. The number of halogens is 3. The van der Waals surface area contributed by atoms with Gasteiger partial charge in [-0.25, -0.2) is 4.79 Å². The van der Waals surface area contributed by atoms with Crippen LogP contribution in [0.25, 0.3) is 0 Å². The van der Waals surface area contributed by atoms with Crippen molar-refractivity contribution in [1.82, 2.24) is 15.8 Å². The van der Waals surface area contributed by atoms with Gasteiger partial charge in [-0.15, -0.1) is 0 Å². The molecule has 2 aromatic carbocycles. The second-order valence-electron chi connectivity index (χ2n) is 11.2. The van der Waals surface area contributed by atoms with Crippen LogP contribution >= 0.6 is 0 Å². The minimum absolute atomic E-state index is 0.191. The summed E-state index contributed by atoms with van der Waals surface area (Å²) in [5.74, 6) is -1.57. The third-order valence-corrected chi connectivity index (χ3v) is 7.92. The number of alkyl halides is 3. The number of carbonyl (C=O) groups excluding carboxylic acids is 2. The number of unbranched alkanes of at least 4 members (excludes halogenated alkanes) is 1. The Morgan fingerprint density at radius 3 is 2.54 bits per heavy atom. The van der Waals surface area contributed by atoms with Gasteiger partial charge in [-0.2, -0.15) is 23.9 Å². The van der Waals surface area contributed by atoms with E-state index < -0.39 is 48.0 Å². The van der Waals surface area contributed by atoms with Gasteiger partial charge in [0.2, 0.25) is 0 Å². The molecule has 4 atom stereocenters. The molecule has 3 unspecified atom stereocenters. The number of amides is 2. The topological polar surface area (TPSA) is 97.7 Å². The van der Waals surface area contributed by atoms with Crippen LogP contribution < -0.4 is 15.8 Å². The predicted octanol–water partition coefficient (Wildman–Crippen LogP) is 4.51. The Morgan fingerprint density at radius 1 is 1.17 bits per heavy atom. The number of hydrazine groups is 1. The highest BCUT2D eigenvalue weighted by Crippen LogP contribution is 2.45. The number of urea groups is 1. The first-order valence-corrected chi connectivity index (χ1v) is 13.5. The van der Waals surface area contributed by atoms with Gasteiger partial charge in [-0.1, -0.05) is 25.5 Å². The van der Waals surface area contributed by atoms with Crippen LogP contribution in [0.5, 0.6) is 0 Å². The molecule has 0 radical (unpaired) electrons. The van der Waals surface area contributed by atoms with E-state index in [1.807, 2.05) is 0 Å². The third-order valence-electron chi connectivity index (χ3n) is 7.92. The number of carbonyl (C=O) groups is 2. The van der Waals surface area contributed by atoms with Crippen LogP contribution in [0.2, 0.25) is 0 Å². The Bertz CT molecular complexity index is 1340. The van der Waals surface area contributed by atoms with Crippen LogP contribution in [0.15, 0.2) is 42.5 Å². The van der Waals surface area contributed by atoms with E-state index in [0.717, 1.165) is 37.1 Å². The summed E-state index contributed by atoms with van der Waals surface area (Å²) in [6.07, 6.45) is -3.46. The average Bonchev–Trinajstić information content (AvgIpc) is 3.30. The number of esters is 1. The van der Waals surface area contributed by atoms with Crippen molar-refractivity contribution in [2.75, 3.05) is 32.6 Å². The number of nitriles is 1. The summed E-state index contributed by atoms with van der Waals surface area (Å²) in [5, 5.41) is 9.66. The van der Waals surface area contributed by atoms with Crippen molar-refractivity contribution < 1.29 is 32.0 Å². The van der Waals surface area contributed by atoms with E-state index in [0.29, 0.717) is 22.2 Å². The predicted molar refractivity (Wildman–Crippen MR) is 146 cm³/mol. The second-order valence-corrected chi connectivity index (χ2v) is 11.2. The lowest BCUT2D eigenvalue weighted by Gasteiger charge is -2.52. The third kappa shape index (κ3) is 5.96. The Kier molecular flexibility index (Phi) is 8.52. The lowest BCUT2D eigenvalue weighted by atomic mass is 9.81. The smallest absolute Gasteiger partial charge is 0.416 e. The van der Waals surface area contributed by atoms with Crippen molar-refractivity contribution in [2.45, 2.75) is 57.8 Å². The maximum absolute atomic E-state index is 13.6. The number of nitrogens with one attached hydrogen (secondary N) is 2. The molecule has 220 valence electrons. The number of anilines is 1. The van der Waals surface area contributed by atoms with E-state index >= 15 is 0 Å². The molecule has 2 fully saturated rings. The van der Waals surface area contributed by atoms with Gasteiger partial charge < -0.3 is 14.1 Å². The molecule has 0 aliphatic carbocycles. The molecule has 41 heavy (non-hydrogen) atoms. The van der Waals surface area contributed by atoms with Gasteiger partial charge in [-0.3, -0.25) is 15.1 Å². The minimum atomic E-state index is -4.57. The molecule has 9 nitrogen and oxygen atoms in total. The molecule has 0 spiro atoms. The number of ether oxygens (including phenoxy) is 1. The quantitative estimate of drug-likeness (QED) is 0.357. The Morgan fingerprint density at radius 2 is 1.90 bits per heavy atom. The molecule has 2 amide bonds. The summed E-state index contributed by atoms with van der Waals surface area (Å²) in [7, 11) is 5.42. The molecule has 0 aromatic heterocycles. The van der Waals surface area contributed by atoms with Crippen molar-refractivity contribution in [3.05, 3.63) is 64.7 Å². The fraction of sp³-hybridized carbons (Fsp3) is 0.483. The van der Waals surface area contributed by atoms with Crippen LogP contribution in [-0.2, 0) is 22.3 Å². The number of hydrogen-bond donors (Lipinski definition) is 2. The fourth-order valence-electron chi connectivity index (χ4n) is 5.94. The first-order valence-electron chi connectivity index (χ1n) is 13.5. The maximum atomic E-state index is 13.6. The van der Waals surface area contributed by atoms with Crippen molar-refractivity contribution in [2.24, 2.45) is 5.92 Å². The van der Waals surface area contributed by atoms with Crippen LogP contribution in [0.1, 0.15) is 55.0 Å². The molecule has 2 aromatic rings. The summed E-state index contributed by atoms with van der Waals surface area (Å²) in [6, 6.07) is 10.1. The lowest BCUT2D eigenvalue weighted by molar-refractivity contribution is -0.903. The number of hydrogen-bond acceptors (Lipinski definition) is 6. The van der Waals surface area contributed by atoms with Gasteiger partial charge in [0.15, 0.2) is 6.29 Å². The summed E-state index contributed by atoms with van der Waals surface area (Å²) in [5.41, 5.74) is 6.78. The molecule has 4 rings (SSSR count). The molecule has 0 saturated carbocycles. The van der Waals surface area contributed by atoms with E-state index in [1.54, 1.807) is 30.0 Å². The SMILES string of the molecule is CCCC[N+](C)(C)Cc1cc(C#N)ccc1[C@H]1C(C(=O)OC)C(C)N(c2cccc(C(F)(F)F)c2)C2NNC(=O)N21. The molecule has 0 bridgehead atoms. The largest absolute Gasteiger partial charge is 0.469 e. The van der Waals surface area contributed by atoms with Gasteiger partial charge in [-0.05, 0) is 49.2 Å². The number of rotatable bonds is 8. The van der Waals surface area contributed by atoms with Crippen LogP contribution in [0.3, 0.4) is 0 Å². The number of benzene rings is 2. The average molecular weight is 574 g/mol. The molecule has 2 N–H and O–H groups in total. The first-order chi connectivity index (χ1) is 19.3. The fourth-order valence-corrected chi connectivity index (χ4v) is 5.94. The zero-order valence-corrected chi connectivity index (χ0v) is 23.8. The summed E-state index contributed by atoms with van der Waals surface area (Å²) < 4.78 is 46.7. The highest BCUT2D eigenvalue weighted by Gasteiger charge is 2.55. The van der Waals surface area contributed by atoms with Crippen molar-refractivity contribution in [1.29, 1.82) is 5.26 Å². The zero-order chi connectivity index (χ0) is 30.1. The number of fused-ring (bicyclic) bond motifs is 1. The minimum Gasteiger partial charge on any atom is -0.469 e. The molecule has 2 heterocycles.